The van der Waals surface area contributed by atoms with Gasteiger partial charge in [-0.15, -0.1) is 0 Å². The number of hydrogen-bond donors (Lipinski definition) is 1. The molecular weight excluding hydrogens is 302 g/mol. The fourth-order valence-electron chi connectivity index (χ4n) is 2.35. The maximum absolute atomic E-state index is 5.31. The number of benzene rings is 1. The van der Waals surface area contributed by atoms with Gasteiger partial charge in [-0.25, -0.2) is 0 Å². The number of halogens is 1. The van der Waals surface area contributed by atoms with E-state index in [1.165, 1.54) is 12.8 Å². The van der Waals surface area contributed by atoms with Crippen molar-refractivity contribution in [3.8, 4) is 5.75 Å². The smallest absolute Gasteiger partial charge is 0.122 e. The summed E-state index contributed by atoms with van der Waals surface area (Å²) in [6.07, 6.45) is 2.38. The molecule has 0 heterocycles. The van der Waals surface area contributed by atoms with Gasteiger partial charge in [0.15, 0.2) is 0 Å². The molecule has 1 N–H and O–H groups in total. The van der Waals surface area contributed by atoms with Crippen LogP contribution >= 0.6 is 15.9 Å². The molecule has 1 rings (SSSR count). The van der Waals surface area contributed by atoms with Gasteiger partial charge in [0.2, 0.25) is 0 Å². The Balaban J connectivity index is 2.79. The number of hydrogen-bond acceptors (Lipinski definition) is 2. The largest absolute Gasteiger partial charge is 0.497 e. The van der Waals surface area contributed by atoms with Crippen molar-refractivity contribution in [1.29, 1.82) is 0 Å². The molecule has 0 radical (unpaired) electrons. The predicted octanol–water partition coefficient (Wildman–Crippen LogP) is 5.33. The third-order valence-electron chi connectivity index (χ3n) is 2.99. The zero-order valence-electron chi connectivity index (χ0n) is 12.7. The molecule has 0 spiro atoms. The number of ether oxygens (including phenoxy) is 1. The van der Waals surface area contributed by atoms with Gasteiger partial charge in [-0.05, 0) is 36.8 Å². The van der Waals surface area contributed by atoms with Crippen molar-refractivity contribution < 1.29 is 4.74 Å². The second-order valence-corrected chi connectivity index (χ2v) is 6.90. The monoisotopic (exact) mass is 327 g/mol. The molecule has 1 aromatic rings. The van der Waals surface area contributed by atoms with Gasteiger partial charge in [-0.2, -0.15) is 0 Å². The highest BCUT2D eigenvalue weighted by atomic mass is 79.9. The van der Waals surface area contributed by atoms with Crippen LogP contribution < -0.4 is 10.1 Å². The van der Waals surface area contributed by atoms with E-state index in [9.17, 15) is 0 Å². The molecule has 0 saturated heterocycles. The molecule has 0 aliphatic heterocycles. The van der Waals surface area contributed by atoms with Gasteiger partial charge in [-0.3, -0.25) is 0 Å². The molecule has 0 fully saturated rings. The van der Waals surface area contributed by atoms with E-state index in [1.54, 1.807) is 7.11 Å². The van der Waals surface area contributed by atoms with Gasteiger partial charge in [0.1, 0.15) is 5.75 Å². The predicted molar refractivity (Wildman–Crippen MR) is 87.0 cm³/mol. The number of nitrogens with one attached hydrogen (secondary N) is 1. The second-order valence-electron chi connectivity index (χ2n) is 5.98. The van der Waals surface area contributed by atoms with E-state index in [1.807, 2.05) is 6.07 Å². The molecule has 19 heavy (non-hydrogen) atoms. The summed E-state index contributed by atoms with van der Waals surface area (Å²) in [4.78, 5) is 0. The first-order chi connectivity index (χ1) is 8.90. The summed E-state index contributed by atoms with van der Waals surface area (Å²) in [6.45, 7) is 9.10. The lowest BCUT2D eigenvalue weighted by Crippen LogP contribution is -2.23. The van der Waals surface area contributed by atoms with E-state index in [2.05, 4.69) is 61.1 Å². The lowest BCUT2D eigenvalue weighted by Gasteiger charge is -2.24. The van der Waals surface area contributed by atoms with Gasteiger partial charge in [0, 0.05) is 22.3 Å². The van der Waals surface area contributed by atoms with Crippen molar-refractivity contribution in [2.45, 2.75) is 46.6 Å². The molecule has 0 amide bonds. The maximum atomic E-state index is 5.31. The molecule has 1 aromatic carbocycles. The lowest BCUT2D eigenvalue weighted by molar-refractivity contribution is 0.414. The Labute approximate surface area is 126 Å². The van der Waals surface area contributed by atoms with Gasteiger partial charge in [0.05, 0.1) is 7.11 Å². The lowest BCUT2D eigenvalue weighted by atomic mass is 9.95. The Bertz CT molecular complexity index is 380. The molecule has 2 nitrogen and oxygen atoms in total. The van der Waals surface area contributed by atoms with Crippen molar-refractivity contribution in [2.24, 2.45) is 11.8 Å². The first-order valence-corrected chi connectivity index (χ1v) is 7.81. The molecule has 0 aliphatic carbocycles. The van der Waals surface area contributed by atoms with Crippen molar-refractivity contribution in [1.82, 2.24) is 0 Å². The Morgan fingerprint density at radius 3 is 2.11 bits per heavy atom. The van der Waals surface area contributed by atoms with Crippen molar-refractivity contribution in [3.63, 3.8) is 0 Å². The van der Waals surface area contributed by atoms with Crippen molar-refractivity contribution in [3.05, 3.63) is 22.7 Å². The van der Waals surface area contributed by atoms with Crippen LogP contribution in [0, 0.1) is 11.8 Å². The normalized spacial score (nSPS) is 11.4. The molecule has 3 heteroatoms. The van der Waals surface area contributed by atoms with E-state index < -0.39 is 0 Å². The zero-order chi connectivity index (χ0) is 14.4. The summed E-state index contributed by atoms with van der Waals surface area (Å²) in [5.74, 6) is 2.28. The van der Waals surface area contributed by atoms with Crippen LogP contribution in [-0.4, -0.2) is 13.2 Å². The Morgan fingerprint density at radius 2 is 1.63 bits per heavy atom. The summed E-state index contributed by atoms with van der Waals surface area (Å²) < 4.78 is 6.35. The zero-order valence-corrected chi connectivity index (χ0v) is 14.3. The SMILES string of the molecule is COc1cc(Br)cc(NC(CC(C)C)CC(C)C)c1. The van der Waals surface area contributed by atoms with Crippen LogP contribution in [-0.2, 0) is 0 Å². The highest BCUT2D eigenvalue weighted by Crippen LogP contribution is 2.26. The second kappa shape index (κ2) is 7.78. The minimum absolute atomic E-state index is 0.513. The minimum atomic E-state index is 0.513. The first-order valence-electron chi connectivity index (χ1n) is 7.01. The Hall–Kier alpha value is -0.700. The minimum Gasteiger partial charge on any atom is -0.497 e. The third-order valence-corrected chi connectivity index (χ3v) is 3.45. The summed E-state index contributed by atoms with van der Waals surface area (Å²) in [5.41, 5.74) is 1.12. The standard InChI is InChI=1S/C16H26BrNO/c1-11(2)6-14(7-12(3)4)18-15-8-13(17)9-16(10-15)19-5/h8-12,14,18H,6-7H2,1-5H3. The fraction of sp³-hybridized carbons (Fsp3) is 0.625. The van der Waals surface area contributed by atoms with Crippen LogP contribution in [0.4, 0.5) is 5.69 Å². The summed E-state index contributed by atoms with van der Waals surface area (Å²) >= 11 is 3.53. The van der Waals surface area contributed by atoms with Crippen LogP contribution in [0.25, 0.3) is 0 Å². The van der Waals surface area contributed by atoms with E-state index in [-0.39, 0.29) is 0 Å². The molecule has 0 bridgehead atoms. The van der Waals surface area contributed by atoms with Crippen LogP contribution in [0.5, 0.6) is 5.75 Å². The Morgan fingerprint density at radius 1 is 1.05 bits per heavy atom. The molecule has 0 aliphatic rings. The molecular formula is C16H26BrNO. The van der Waals surface area contributed by atoms with Crippen molar-refractivity contribution in [2.75, 3.05) is 12.4 Å². The molecule has 0 atom stereocenters. The van der Waals surface area contributed by atoms with E-state index >= 15 is 0 Å². The third kappa shape index (κ3) is 6.33. The molecule has 0 saturated carbocycles. The molecule has 108 valence electrons. The highest BCUT2D eigenvalue weighted by molar-refractivity contribution is 9.10. The first kappa shape index (κ1) is 16.4. The summed E-state index contributed by atoms with van der Waals surface area (Å²) in [6, 6.07) is 6.65. The van der Waals surface area contributed by atoms with E-state index in [4.69, 9.17) is 4.74 Å². The summed E-state index contributed by atoms with van der Waals surface area (Å²) in [5, 5.41) is 3.65. The van der Waals surface area contributed by atoms with Crippen molar-refractivity contribution >= 4 is 21.6 Å². The van der Waals surface area contributed by atoms with Crippen LogP contribution in [0.2, 0.25) is 0 Å². The average Bonchev–Trinajstić information content (AvgIpc) is 2.26. The van der Waals surface area contributed by atoms with Crippen LogP contribution in [0.1, 0.15) is 40.5 Å². The van der Waals surface area contributed by atoms with Gasteiger partial charge in [0.25, 0.3) is 0 Å². The van der Waals surface area contributed by atoms with Crippen LogP contribution in [0.3, 0.4) is 0 Å². The maximum Gasteiger partial charge on any atom is 0.122 e. The van der Waals surface area contributed by atoms with Gasteiger partial charge < -0.3 is 10.1 Å². The topological polar surface area (TPSA) is 21.3 Å². The number of methoxy groups -OCH3 is 1. The average molecular weight is 328 g/mol. The number of anilines is 1. The Kier molecular flexibility index (Phi) is 6.70. The fourth-order valence-corrected chi connectivity index (χ4v) is 2.82. The number of rotatable bonds is 7. The summed E-state index contributed by atoms with van der Waals surface area (Å²) in [7, 11) is 1.70. The van der Waals surface area contributed by atoms with Crippen LogP contribution in [0.15, 0.2) is 22.7 Å². The van der Waals surface area contributed by atoms with Gasteiger partial charge >= 0.3 is 0 Å². The highest BCUT2D eigenvalue weighted by Gasteiger charge is 2.13. The molecule has 0 aromatic heterocycles. The van der Waals surface area contributed by atoms with E-state index in [0.717, 1.165) is 15.9 Å². The molecule has 0 unspecified atom stereocenters. The van der Waals surface area contributed by atoms with Gasteiger partial charge in [-0.1, -0.05) is 43.6 Å². The quantitative estimate of drug-likeness (QED) is 0.730. The van der Waals surface area contributed by atoms with E-state index in [0.29, 0.717) is 17.9 Å².